The van der Waals surface area contributed by atoms with Gasteiger partial charge in [-0.1, -0.05) is 24.9 Å². The Morgan fingerprint density at radius 3 is 2.63 bits per heavy atom. The summed E-state index contributed by atoms with van der Waals surface area (Å²) in [6.45, 7) is 5.84. The molecule has 1 aromatic heterocycles. The van der Waals surface area contributed by atoms with Gasteiger partial charge >= 0.3 is 0 Å². The molecule has 1 N–H and O–H groups in total. The zero-order valence-corrected chi connectivity index (χ0v) is 15.2. The van der Waals surface area contributed by atoms with Gasteiger partial charge in [0.2, 0.25) is 0 Å². The Balaban J connectivity index is 0.000000742. The molecule has 1 aromatic rings. The van der Waals surface area contributed by atoms with Crippen molar-refractivity contribution in [2.75, 3.05) is 19.7 Å². The van der Waals surface area contributed by atoms with Gasteiger partial charge in [-0.3, -0.25) is 0 Å². The van der Waals surface area contributed by atoms with Crippen LogP contribution < -0.4 is 0 Å². The van der Waals surface area contributed by atoms with Gasteiger partial charge in [0.1, 0.15) is 11.0 Å². The molecule has 0 aromatic carbocycles. The van der Waals surface area contributed by atoms with Crippen LogP contribution in [0.25, 0.3) is 5.32 Å². The maximum absolute atomic E-state index is 7.57. The Hall–Kier alpha value is 0.394. The van der Waals surface area contributed by atoms with E-state index in [1.807, 2.05) is 6.07 Å². The number of aliphatic hydroxyl groups is 1. The molecule has 0 spiro atoms. The second kappa shape index (κ2) is 11.1. The molecule has 1 saturated heterocycles. The summed E-state index contributed by atoms with van der Waals surface area (Å²) in [6, 6.07) is 1.84. The van der Waals surface area contributed by atoms with Crippen molar-refractivity contribution in [1.82, 2.24) is 9.97 Å². The molecule has 4 nitrogen and oxygen atoms in total. The van der Waals surface area contributed by atoms with Gasteiger partial charge in [-0.25, -0.2) is 9.97 Å². The first-order valence-corrected chi connectivity index (χ1v) is 6.86. The van der Waals surface area contributed by atoms with Crippen molar-refractivity contribution >= 4 is 11.6 Å². The standard InChI is InChI=1S/C11H15ClN3.C2H6O.Y/c1-2-9-6-10(12)15-11(14-9)8-4-3-5-13-7-8;1-2-3;/h6,8H,2-5,7H2,1H3;3H,2H2,1H3;/q-1;;. The van der Waals surface area contributed by atoms with Gasteiger partial charge in [0, 0.05) is 50.9 Å². The van der Waals surface area contributed by atoms with E-state index in [1.165, 1.54) is 0 Å². The van der Waals surface area contributed by atoms with E-state index >= 15 is 0 Å². The summed E-state index contributed by atoms with van der Waals surface area (Å²) in [5, 5.41) is 12.5. The summed E-state index contributed by atoms with van der Waals surface area (Å²) < 4.78 is 0. The van der Waals surface area contributed by atoms with Crippen LogP contribution in [0.1, 0.15) is 44.1 Å². The Kier molecular flexibility index (Phi) is 11.3. The average molecular weight is 360 g/mol. The Morgan fingerprint density at radius 1 is 1.42 bits per heavy atom. The minimum absolute atomic E-state index is 0. The zero-order chi connectivity index (χ0) is 13.4. The number of nitrogens with zero attached hydrogens (tertiary/aromatic N) is 3. The molecule has 0 aliphatic carbocycles. The van der Waals surface area contributed by atoms with E-state index < -0.39 is 0 Å². The van der Waals surface area contributed by atoms with E-state index in [2.05, 4.69) is 22.2 Å². The van der Waals surface area contributed by atoms with Crippen molar-refractivity contribution in [1.29, 1.82) is 0 Å². The predicted octanol–water partition coefficient (Wildman–Crippen LogP) is 2.94. The van der Waals surface area contributed by atoms with Gasteiger partial charge in [0.25, 0.3) is 0 Å². The Morgan fingerprint density at radius 2 is 2.11 bits per heavy atom. The van der Waals surface area contributed by atoms with E-state index in [-0.39, 0.29) is 39.3 Å². The number of halogens is 1. The summed E-state index contributed by atoms with van der Waals surface area (Å²) in [5.41, 5.74) is 1.02. The van der Waals surface area contributed by atoms with Gasteiger partial charge in [-0.2, -0.15) is 0 Å². The van der Waals surface area contributed by atoms with E-state index in [1.54, 1.807) is 6.92 Å². The number of hydrogen-bond donors (Lipinski definition) is 1. The molecule has 2 rings (SSSR count). The molecule has 19 heavy (non-hydrogen) atoms. The molecule has 0 bridgehead atoms. The zero-order valence-electron chi connectivity index (χ0n) is 11.6. The number of aryl methyl sites for hydroxylation is 1. The van der Waals surface area contributed by atoms with Gasteiger partial charge < -0.3 is 10.4 Å². The topological polar surface area (TPSA) is 60.1 Å². The van der Waals surface area contributed by atoms with E-state index in [0.717, 1.165) is 43.9 Å². The molecule has 1 atom stereocenters. The maximum Gasteiger partial charge on any atom is 0.133 e. The molecule has 1 unspecified atom stereocenters. The van der Waals surface area contributed by atoms with Crippen LogP contribution in [0.3, 0.4) is 0 Å². The van der Waals surface area contributed by atoms with Gasteiger partial charge in [0.05, 0.1) is 0 Å². The van der Waals surface area contributed by atoms with Crippen molar-refractivity contribution in [3.63, 3.8) is 0 Å². The first-order valence-electron chi connectivity index (χ1n) is 6.48. The molecule has 1 aliphatic heterocycles. The molecule has 0 amide bonds. The Bertz CT molecular complexity index is 360. The van der Waals surface area contributed by atoms with E-state index in [9.17, 15) is 0 Å². The predicted molar refractivity (Wildman–Crippen MR) is 74.2 cm³/mol. The van der Waals surface area contributed by atoms with Crippen molar-refractivity contribution < 1.29 is 37.8 Å². The number of piperidine rings is 1. The molecule has 1 radical (unpaired) electrons. The van der Waals surface area contributed by atoms with Crippen molar-refractivity contribution in [3.05, 3.63) is 28.1 Å². The fraction of sp³-hybridized carbons (Fsp3) is 0.692. The largest absolute Gasteiger partial charge is 0.662 e. The first-order chi connectivity index (χ1) is 8.71. The number of hydrogen-bond acceptors (Lipinski definition) is 3. The van der Waals surface area contributed by atoms with Crippen LogP contribution >= 0.6 is 11.6 Å². The van der Waals surface area contributed by atoms with Gasteiger partial charge in [-0.05, 0) is 25.8 Å². The molecular formula is C13H21ClN3OY-. The number of aliphatic hydroxyl groups excluding tert-OH is 1. The summed E-state index contributed by atoms with van der Waals surface area (Å²) in [4.78, 5) is 8.82. The van der Waals surface area contributed by atoms with Crippen LogP contribution in [0.4, 0.5) is 0 Å². The summed E-state index contributed by atoms with van der Waals surface area (Å²) >= 11 is 5.97. The van der Waals surface area contributed by atoms with Crippen molar-refractivity contribution in [2.24, 2.45) is 0 Å². The normalized spacial score (nSPS) is 18.0. The maximum atomic E-state index is 7.57. The number of aromatic nitrogens is 2. The first kappa shape index (κ1) is 19.4. The summed E-state index contributed by atoms with van der Waals surface area (Å²) in [6.07, 6.45) is 3.17. The third kappa shape index (κ3) is 7.10. The molecule has 1 aliphatic rings. The third-order valence-electron chi connectivity index (χ3n) is 2.71. The SMILES string of the molecule is CCO.CCc1cc(Cl)nc(C2CCC[N-]C2)n1.[Y]. The second-order valence-electron chi connectivity index (χ2n) is 4.18. The fourth-order valence-electron chi connectivity index (χ4n) is 1.85. The monoisotopic (exact) mass is 359 g/mol. The molecule has 6 heteroatoms. The fourth-order valence-corrected chi connectivity index (χ4v) is 2.06. The van der Waals surface area contributed by atoms with Crippen LogP contribution in [-0.4, -0.2) is 34.8 Å². The average Bonchev–Trinajstić information content (AvgIpc) is 2.40. The van der Waals surface area contributed by atoms with Crippen LogP contribution in [-0.2, 0) is 39.1 Å². The second-order valence-corrected chi connectivity index (χ2v) is 4.57. The minimum Gasteiger partial charge on any atom is -0.662 e. The van der Waals surface area contributed by atoms with Crippen molar-refractivity contribution in [2.45, 2.75) is 39.0 Å². The van der Waals surface area contributed by atoms with Crippen LogP contribution in [0.15, 0.2) is 6.07 Å². The van der Waals surface area contributed by atoms with Crippen molar-refractivity contribution in [3.8, 4) is 0 Å². The summed E-state index contributed by atoms with van der Waals surface area (Å²) in [7, 11) is 0. The van der Waals surface area contributed by atoms with Crippen LogP contribution in [0.5, 0.6) is 0 Å². The molecule has 1 fully saturated rings. The quantitative estimate of drug-likeness (QED) is 0.826. The third-order valence-corrected chi connectivity index (χ3v) is 2.90. The van der Waals surface area contributed by atoms with E-state index in [0.29, 0.717) is 11.1 Å². The van der Waals surface area contributed by atoms with Crippen LogP contribution in [0, 0.1) is 0 Å². The van der Waals surface area contributed by atoms with Crippen LogP contribution in [0.2, 0.25) is 5.15 Å². The molecular weight excluding hydrogens is 339 g/mol. The van der Waals surface area contributed by atoms with Gasteiger partial charge in [-0.15, -0.1) is 13.1 Å². The number of rotatable bonds is 2. The smallest absolute Gasteiger partial charge is 0.133 e. The molecule has 105 valence electrons. The Labute approximate surface area is 145 Å². The molecule has 0 saturated carbocycles. The van der Waals surface area contributed by atoms with E-state index in [4.69, 9.17) is 16.7 Å². The van der Waals surface area contributed by atoms with Gasteiger partial charge in [0.15, 0.2) is 0 Å². The summed E-state index contributed by atoms with van der Waals surface area (Å²) in [5.74, 6) is 1.26. The molecule has 2 heterocycles. The minimum atomic E-state index is 0.